The van der Waals surface area contributed by atoms with E-state index in [4.69, 9.17) is 10.7 Å². The second-order valence-corrected chi connectivity index (χ2v) is 7.94. The van der Waals surface area contributed by atoms with E-state index >= 15 is 0 Å². The Morgan fingerprint density at radius 2 is 1.85 bits per heavy atom. The number of sulfone groups is 1. The zero-order valence-electron chi connectivity index (χ0n) is 6.39. The first-order chi connectivity index (χ1) is 5.73. The van der Waals surface area contributed by atoms with Gasteiger partial charge in [0.1, 0.15) is 9.10 Å². The SMILES string of the molecule is CS(=O)(=O)c1sccc1S(=O)(=O)Cl. The predicted octanol–water partition coefficient (Wildman–Crippen LogP) is 1.08. The number of halogens is 1. The quantitative estimate of drug-likeness (QED) is 0.746. The van der Waals surface area contributed by atoms with Gasteiger partial charge in [-0.05, 0) is 11.4 Å². The molecule has 4 nitrogen and oxygen atoms in total. The van der Waals surface area contributed by atoms with Gasteiger partial charge in [-0.3, -0.25) is 0 Å². The van der Waals surface area contributed by atoms with Crippen molar-refractivity contribution in [2.45, 2.75) is 9.10 Å². The van der Waals surface area contributed by atoms with E-state index in [1.165, 1.54) is 11.4 Å². The van der Waals surface area contributed by atoms with E-state index in [0.717, 1.165) is 17.6 Å². The molecular formula is C5H5ClO4S3. The molecular weight excluding hydrogens is 256 g/mol. The molecule has 1 aromatic rings. The molecule has 0 atom stereocenters. The third kappa shape index (κ3) is 2.43. The van der Waals surface area contributed by atoms with Gasteiger partial charge in [0.25, 0.3) is 9.05 Å². The molecule has 1 rings (SSSR count). The number of thiophene rings is 1. The first kappa shape index (κ1) is 11.0. The highest BCUT2D eigenvalue weighted by Crippen LogP contribution is 2.28. The number of rotatable bonds is 2. The Bertz CT molecular complexity index is 463. The molecule has 0 saturated carbocycles. The predicted molar refractivity (Wildman–Crippen MR) is 50.5 cm³/mol. The molecule has 0 aliphatic rings. The summed E-state index contributed by atoms with van der Waals surface area (Å²) in [6, 6.07) is 1.17. The summed E-state index contributed by atoms with van der Waals surface area (Å²) in [5, 5.41) is 1.37. The van der Waals surface area contributed by atoms with Gasteiger partial charge in [-0.25, -0.2) is 16.8 Å². The highest BCUT2D eigenvalue weighted by Gasteiger charge is 2.23. The lowest BCUT2D eigenvalue weighted by Gasteiger charge is -1.95. The first-order valence-electron chi connectivity index (χ1n) is 2.95. The third-order valence-corrected chi connectivity index (χ3v) is 5.61. The zero-order valence-corrected chi connectivity index (χ0v) is 9.60. The van der Waals surface area contributed by atoms with Crippen LogP contribution in [-0.2, 0) is 18.9 Å². The topological polar surface area (TPSA) is 68.3 Å². The van der Waals surface area contributed by atoms with Crippen LogP contribution >= 0.6 is 22.0 Å². The van der Waals surface area contributed by atoms with E-state index in [1.54, 1.807) is 0 Å². The molecule has 0 amide bonds. The van der Waals surface area contributed by atoms with E-state index in [9.17, 15) is 16.8 Å². The van der Waals surface area contributed by atoms with Crippen LogP contribution in [0.15, 0.2) is 20.6 Å². The van der Waals surface area contributed by atoms with Gasteiger partial charge in [0, 0.05) is 16.9 Å². The fraction of sp³-hybridized carbons (Fsp3) is 0.200. The third-order valence-electron chi connectivity index (χ3n) is 1.20. The molecule has 1 heterocycles. The molecule has 0 aromatic carbocycles. The molecule has 0 bridgehead atoms. The summed E-state index contributed by atoms with van der Waals surface area (Å²) >= 11 is 0.832. The van der Waals surface area contributed by atoms with Crippen molar-refractivity contribution >= 4 is 40.9 Å². The van der Waals surface area contributed by atoms with Crippen molar-refractivity contribution in [2.75, 3.05) is 6.26 Å². The van der Waals surface area contributed by atoms with Crippen molar-refractivity contribution in [3.8, 4) is 0 Å². The minimum Gasteiger partial charge on any atom is -0.223 e. The van der Waals surface area contributed by atoms with E-state index in [0.29, 0.717) is 0 Å². The molecule has 0 radical (unpaired) electrons. The van der Waals surface area contributed by atoms with Gasteiger partial charge in [-0.1, -0.05) is 0 Å². The fourth-order valence-corrected chi connectivity index (χ4v) is 4.98. The van der Waals surface area contributed by atoms with Crippen molar-refractivity contribution < 1.29 is 16.8 Å². The Morgan fingerprint density at radius 1 is 1.31 bits per heavy atom. The maximum Gasteiger partial charge on any atom is 0.263 e. The lowest BCUT2D eigenvalue weighted by molar-refractivity contribution is 0.595. The van der Waals surface area contributed by atoms with Crippen molar-refractivity contribution in [3.63, 3.8) is 0 Å². The van der Waals surface area contributed by atoms with Gasteiger partial charge in [0.2, 0.25) is 0 Å². The average Bonchev–Trinajstić information content (AvgIpc) is 2.27. The van der Waals surface area contributed by atoms with E-state index in [-0.39, 0.29) is 9.10 Å². The normalized spacial score (nSPS) is 13.1. The van der Waals surface area contributed by atoms with Crippen LogP contribution in [0.3, 0.4) is 0 Å². The van der Waals surface area contributed by atoms with E-state index < -0.39 is 18.9 Å². The molecule has 0 saturated heterocycles. The van der Waals surface area contributed by atoms with E-state index in [2.05, 4.69) is 0 Å². The summed E-state index contributed by atoms with van der Waals surface area (Å²) in [4.78, 5) is -0.346. The zero-order chi connectivity index (χ0) is 10.3. The maximum absolute atomic E-state index is 11.0. The first-order valence-corrected chi connectivity index (χ1v) is 8.03. The van der Waals surface area contributed by atoms with Crippen molar-refractivity contribution in [2.24, 2.45) is 0 Å². The van der Waals surface area contributed by atoms with Crippen LogP contribution in [0.4, 0.5) is 0 Å². The second kappa shape index (κ2) is 3.23. The average molecular weight is 261 g/mol. The molecule has 0 fully saturated rings. The molecule has 13 heavy (non-hydrogen) atoms. The van der Waals surface area contributed by atoms with E-state index in [1.807, 2.05) is 0 Å². The van der Waals surface area contributed by atoms with Gasteiger partial charge in [0.15, 0.2) is 9.84 Å². The van der Waals surface area contributed by atoms with Gasteiger partial charge < -0.3 is 0 Å². The minimum absolute atomic E-state index is 0.220. The number of hydrogen-bond donors (Lipinski definition) is 0. The lowest BCUT2D eigenvalue weighted by atomic mass is 10.7. The second-order valence-electron chi connectivity index (χ2n) is 2.28. The standard InChI is InChI=1S/C5H5ClO4S3/c1-12(7,8)5-4(2-3-11-5)13(6,9)10/h2-3H,1H3. The van der Waals surface area contributed by atoms with Crippen LogP contribution in [0.25, 0.3) is 0 Å². The van der Waals surface area contributed by atoms with Crippen LogP contribution in [-0.4, -0.2) is 23.1 Å². The van der Waals surface area contributed by atoms with Crippen LogP contribution in [0.1, 0.15) is 0 Å². The summed E-state index contributed by atoms with van der Waals surface area (Å²) < 4.78 is 43.6. The highest BCUT2D eigenvalue weighted by molar-refractivity contribution is 8.14. The van der Waals surface area contributed by atoms with Gasteiger partial charge in [-0.15, -0.1) is 11.3 Å². The molecule has 8 heteroatoms. The van der Waals surface area contributed by atoms with Crippen LogP contribution in [0.5, 0.6) is 0 Å². The summed E-state index contributed by atoms with van der Waals surface area (Å²) in [7, 11) is -2.46. The Morgan fingerprint density at radius 3 is 2.15 bits per heavy atom. The molecule has 1 aromatic heterocycles. The lowest BCUT2D eigenvalue weighted by Crippen LogP contribution is -2.00. The highest BCUT2D eigenvalue weighted by atomic mass is 35.7. The maximum atomic E-state index is 11.0. The molecule has 0 spiro atoms. The largest absolute Gasteiger partial charge is 0.263 e. The Balaban J connectivity index is 3.54. The molecule has 74 valence electrons. The van der Waals surface area contributed by atoms with Crippen LogP contribution in [0, 0.1) is 0 Å². The fourth-order valence-electron chi connectivity index (χ4n) is 0.735. The Hall–Kier alpha value is -0.110. The summed E-state index contributed by atoms with van der Waals surface area (Å²) in [6.07, 6.45) is 0.935. The summed E-state index contributed by atoms with van der Waals surface area (Å²) in [6.45, 7) is 0. The summed E-state index contributed by atoms with van der Waals surface area (Å²) in [5.74, 6) is 0. The van der Waals surface area contributed by atoms with Crippen LogP contribution < -0.4 is 0 Å². The molecule has 0 N–H and O–H groups in total. The van der Waals surface area contributed by atoms with Gasteiger partial charge >= 0.3 is 0 Å². The summed E-state index contributed by atoms with van der Waals surface area (Å²) in [5.41, 5.74) is 0. The minimum atomic E-state index is -3.97. The van der Waals surface area contributed by atoms with Gasteiger partial charge in [-0.2, -0.15) is 0 Å². The monoisotopic (exact) mass is 260 g/mol. The molecule has 0 aliphatic heterocycles. The van der Waals surface area contributed by atoms with Crippen molar-refractivity contribution in [1.82, 2.24) is 0 Å². The smallest absolute Gasteiger partial charge is 0.223 e. The Labute approximate surface area is 84.5 Å². The van der Waals surface area contributed by atoms with Gasteiger partial charge in [0.05, 0.1) is 0 Å². The molecule has 0 unspecified atom stereocenters. The molecule has 0 aliphatic carbocycles. The van der Waals surface area contributed by atoms with Crippen molar-refractivity contribution in [1.29, 1.82) is 0 Å². The van der Waals surface area contributed by atoms with Crippen LogP contribution in [0.2, 0.25) is 0 Å². The van der Waals surface area contributed by atoms with Crippen molar-refractivity contribution in [3.05, 3.63) is 11.4 Å². The Kier molecular flexibility index (Phi) is 2.73. The number of hydrogen-bond acceptors (Lipinski definition) is 5.